The maximum absolute atomic E-state index is 2.24. The van der Waals surface area contributed by atoms with E-state index in [1.54, 1.807) is 0 Å². The van der Waals surface area contributed by atoms with Crippen LogP contribution in [0.3, 0.4) is 0 Å². The Morgan fingerprint density at radius 3 is 2.62 bits per heavy atom. The first-order chi connectivity index (χ1) is 5.97. The zero-order valence-electron chi connectivity index (χ0n) is 8.90. The van der Waals surface area contributed by atoms with E-state index in [2.05, 4.69) is 30.3 Å². The summed E-state index contributed by atoms with van der Waals surface area (Å²) < 4.78 is 0. The van der Waals surface area contributed by atoms with Crippen molar-refractivity contribution in [3.63, 3.8) is 0 Å². The average molecular weight is 204 g/mol. The van der Waals surface area contributed by atoms with Crippen LogP contribution < -0.4 is 18.9 Å². The summed E-state index contributed by atoms with van der Waals surface area (Å²) in [5, 5.41) is 0.741. The van der Waals surface area contributed by atoms with Crippen LogP contribution in [0.5, 0.6) is 0 Å². The number of hydrogen-bond acceptors (Lipinski definition) is 2. The van der Waals surface area contributed by atoms with E-state index in [4.69, 9.17) is 0 Å². The average Bonchev–Trinajstić information content (AvgIpc) is 2.21. The minimum Gasteiger partial charge on any atom is -1.00 e. The normalized spacial score (nSPS) is 22.0. The molecule has 1 aliphatic rings. The van der Waals surface area contributed by atoms with E-state index in [1.165, 1.54) is 24.2 Å². The molecule has 1 aromatic carbocycles. The van der Waals surface area contributed by atoms with Crippen LogP contribution in [-0.4, -0.2) is 5.75 Å². The third kappa shape index (κ3) is 3.29. The fourth-order valence-electron chi connectivity index (χ4n) is 1.40. The van der Waals surface area contributed by atoms with E-state index in [9.17, 15) is 0 Å². The van der Waals surface area contributed by atoms with Gasteiger partial charge in [-0.2, -0.15) is 0 Å². The van der Waals surface area contributed by atoms with Crippen LogP contribution in [-0.2, 0) is 0 Å². The Morgan fingerprint density at radius 2 is 2.00 bits per heavy atom. The van der Waals surface area contributed by atoms with E-state index in [0.717, 1.165) is 5.25 Å². The van der Waals surface area contributed by atoms with Crippen molar-refractivity contribution in [2.75, 3.05) is 5.75 Å². The Bertz CT molecular complexity index is 237. The fourth-order valence-corrected chi connectivity index (χ4v) is 4.23. The summed E-state index contributed by atoms with van der Waals surface area (Å²) in [6.45, 7) is 0. The summed E-state index contributed by atoms with van der Waals surface area (Å²) in [5.41, 5.74) is 1.50. The molecule has 0 spiro atoms. The first-order valence-corrected chi connectivity index (χ1v) is 6.68. The SMILES string of the molecule is [H-].[Li+].c1ccc(C2CCCSS2)cc1. The van der Waals surface area contributed by atoms with Crippen LogP contribution in [0.1, 0.15) is 25.1 Å². The van der Waals surface area contributed by atoms with E-state index in [1.807, 2.05) is 21.6 Å². The second-order valence-electron chi connectivity index (χ2n) is 2.96. The van der Waals surface area contributed by atoms with Crippen LogP contribution >= 0.6 is 21.6 Å². The molecule has 13 heavy (non-hydrogen) atoms. The van der Waals surface area contributed by atoms with E-state index in [-0.39, 0.29) is 20.3 Å². The number of benzene rings is 1. The molecule has 0 aromatic heterocycles. The van der Waals surface area contributed by atoms with Gasteiger partial charge in [-0.1, -0.05) is 51.9 Å². The third-order valence-electron chi connectivity index (χ3n) is 2.05. The molecule has 1 saturated heterocycles. The molecule has 3 heteroatoms. The Hall–Kier alpha value is 0.517. The van der Waals surface area contributed by atoms with E-state index < -0.39 is 0 Å². The molecule has 1 heterocycles. The molecule has 1 atom stereocenters. The van der Waals surface area contributed by atoms with Crippen LogP contribution in [0.4, 0.5) is 0 Å². The zero-order valence-corrected chi connectivity index (χ0v) is 9.53. The van der Waals surface area contributed by atoms with Crippen molar-refractivity contribution in [1.29, 1.82) is 0 Å². The third-order valence-corrected chi connectivity index (χ3v) is 4.99. The summed E-state index contributed by atoms with van der Waals surface area (Å²) in [5.74, 6) is 1.33. The van der Waals surface area contributed by atoms with Gasteiger partial charge in [-0.15, -0.1) is 0 Å². The zero-order chi connectivity index (χ0) is 8.23. The molecule has 2 rings (SSSR count). The number of hydrogen-bond donors (Lipinski definition) is 0. The van der Waals surface area contributed by atoms with Gasteiger partial charge in [0.2, 0.25) is 0 Å². The maximum Gasteiger partial charge on any atom is 1.00 e. The number of rotatable bonds is 1. The quantitative estimate of drug-likeness (QED) is 0.495. The van der Waals surface area contributed by atoms with Crippen molar-refractivity contribution < 1.29 is 20.3 Å². The van der Waals surface area contributed by atoms with Gasteiger partial charge in [-0.3, -0.25) is 0 Å². The summed E-state index contributed by atoms with van der Waals surface area (Å²) >= 11 is 0. The fraction of sp³-hybridized carbons (Fsp3) is 0.400. The van der Waals surface area contributed by atoms with E-state index in [0.29, 0.717) is 0 Å². The second-order valence-corrected chi connectivity index (χ2v) is 5.65. The van der Waals surface area contributed by atoms with Crippen molar-refractivity contribution in [2.45, 2.75) is 18.1 Å². The van der Waals surface area contributed by atoms with Gasteiger partial charge in [0.1, 0.15) is 0 Å². The molecule has 1 unspecified atom stereocenters. The molecule has 66 valence electrons. The molecular formula is C10H13LiS2. The Labute approximate surface area is 101 Å². The first-order valence-electron chi connectivity index (χ1n) is 4.30. The van der Waals surface area contributed by atoms with Crippen molar-refractivity contribution in [1.82, 2.24) is 0 Å². The molecule has 0 radical (unpaired) electrons. The summed E-state index contributed by atoms with van der Waals surface area (Å²) in [7, 11) is 4.05. The van der Waals surface area contributed by atoms with Gasteiger partial charge in [0, 0.05) is 11.0 Å². The van der Waals surface area contributed by atoms with Gasteiger partial charge in [0.15, 0.2) is 0 Å². The van der Waals surface area contributed by atoms with Gasteiger partial charge in [0.05, 0.1) is 0 Å². The van der Waals surface area contributed by atoms with Gasteiger partial charge in [-0.25, -0.2) is 0 Å². The van der Waals surface area contributed by atoms with Crippen LogP contribution in [0.15, 0.2) is 30.3 Å². The van der Waals surface area contributed by atoms with Gasteiger partial charge in [-0.05, 0) is 18.4 Å². The van der Waals surface area contributed by atoms with Crippen molar-refractivity contribution in [3.8, 4) is 0 Å². The van der Waals surface area contributed by atoms with Crippen molar-refractivity contribution in [2.24, 2.45) is 0 Å². The Morgan fingerprint density at radius 1 is 1.23 bits per heavy atom. The molecule has 0 saturated carbocycles. The minimum atomic E-state index is 0. The van der Waals surface area contributed by atoms with Crippen molar-refractivity contribution in [3.05, 3.63) is 35.9 Å². The first kappa shape index (κ1) is 11.6. The summed E-state index contributed by atoms with van der Waals surface area (Å²) in [6, 6.07) is 10.8. The van der Waals surface area contributed by atoms with Crippen molar-refractivity contribution >= 4 is 21.6 Å². The molecular weight excluding hydrogens is 191 g/mol. The molecule has 1 aliphatic heterocycles. The Balaban J connectivity index is 0.000000845. The molecule has 1 aromatic rings. The topological polar surface area (TPSA) is 0 Å². The minimum absolute atomic E-state index is 0. The van der Waals surface area contributed by atoms with Crippen LogP contribution in [0, 0.1) is 0 Å². The molecule has 0 nitrogen and oxygen atoms in total. The molecule has 1 fully saturated rings. The van der Waals surface area contributed by atoms with Crippen LogP contribution in [0.2, 0.25) is 0 Å². The predicted molar refractivity (Wildman–Crippen MR) is 59.6 cm³/mol. The van der Waals surface area contributed by atoms with Gasteiger partial charge < -0.3 is 1.43 Å². The molecule has 0 N–H and O–H groups in total. The summed E-state index contributed by atoms with van der Waals surface area (Å²) in [6.07, 6.45) is 2.72. The monoisotopic (exact) mass is 204 g/mol. The maximum atomic E-state index is 2.24. The molecule has 0 amide bonds. The molecule has 0 aliphatic carbocycles. The molecule has 0 bridgehead atoms. The largest absolute Gasteiger partial charge is 1.00 e. The smallest absolute Gasteiger partial charge is 1.00 e. The second kappa shape index (κ2) is 6.09. The van der Waals surface area contributed by atoms with Gasteiger partial charge >= 0.3 is 18.9 Å². The standard InChI is InChI=1S/C10H12S2.Li.H/c1-2-5-9(6-3-1)10-7-4-8-11-12-10;;/h1-3,5-6,10H,4,7-8H2;;/q;+1;-1. The van der Waals surface area contributed by atoms with E-state index >= 15 is 0 Å². The van der Waals surface area contributed by atoms with Gasteiger partial charge in [0.25, 0.3) is 0 Å². The Kier molecular flexibility index (Phi) is 5.43. The van der Waals surface area contributed by atoms with Crippen LogP contribution in [0.25, 0.3) is 0 Å². The summed E-state index contributed by atoms with van der Waals surface area (Å²) in [4.78, 5) is 0. The predicted octanol–water partition coefficient (Wildman–Crippen LogP) is 1.02.